The van der Waals surface area contributed by atoms with Crippen molar-refractivity contribution < 1.29 is 23.2 Å². The third-order valence-electron chi connectivity index (χ3n) is 4.36. The van der Waals surface area contributed by atoms with Gasteiger partial charge in [0.05, 0.1) is 12.5 Å². The van der Waals surface area contributed by atoms with Crippen LogP contribution in [-0.4, -0.2) is 24.9 Å². The van der Waals surface area contributed by atoms with Gasteiger partial charge in [0.2, 0.25) is 11.8 Å². The first kappa shape index (κ1) is 21.8. The molecule has 4 amide bonds. The first-order chi connectivity index (χ1) is 13.7. The van der Waals surface area contributed by atoms with Gasteiger partial charge in [-0.25, -0.2) is 13.6 Å². The lowest BCUT2D eigenvalue weighted by atomic mass is 9.98. The smallest absolute Gasteiger partial charge is 0.312 e. The average molecular weight is 404 g/mol. The molecule has 2 atom stereocenters. The molecule has 0 fully saturated rings. The molecule has 0 aliphatic heterocycles. The summed E-state index contributed by atoms with van der Waals surface area (Å²) >= 11 is 0. The second-order valence-electron chi connectivity index (χ2n) is 6.41. The maximum absolute atomic E-state index is 13.6. The van der Waals surface area contributed by atoms with Crippen molar-refractivity contribution in [1.82, 2.24) is 16.0 Å². The summed E-state index contributed by atoms with van der Waals surface area (Å²) in [5, 5.41) is 7.37. The molecular formula is C20H22F2N4O3. The Morgan fingerprint density at radius 3 is 2.31 bits per heavy atom. The Morgan fingerprint density at radius 2 is 1.72 bits per heavy atom. The van der Waals surface area contributed by atoms with Crippen LogP contribution in [0.2, 0.25) is 0 Å². The van der Waals surface area contributed by atoms with Crippen molar-refractivity contribution in [3.05, 3.63) is 70.8 Å². The Bertz CT molecular complexity index is 920. The molecule has 0 radical (unpaired) electrons. The van der Waals surface area contributed by atoms with Crippen LogP contribution < -0.4 is 21.7 Å². The minimum Gasteiger partial charge on any atom is -0.357 e. The Balaban J connectivity index is 2.24. The van der Waals surface area contributed by atoms with Gasteiger partial charge in [-0.15, -0.1) is 0 Å². The van der Waals surface area contributed by atoms with Crippen molar-refractivity contribution in [2.24, 2.45) is 5.73 Å². The monoisotopic (exact) mass is 404 g/mol. The number of amides is 4. The van der Waals surface area contributed by atoms with E-state index >= 15 is 0 Å². The summed E-state index contributed by atoms with van der Waals surface area (Å²) in [4.78, 5) is 36.2. The Kier molecular flexibility index (Phi) is 7.24. The lowest BCUT2D eigenvalue weighted by molar-refractivity contribution is -0.129. The second-order valence-corrected chi connectivity index (χ2v) is 6.41. The van der Waals surface area contributed by atoms with Crippen LogP contribution in [0.5, 0.6) is 0 Å². The SMILES string of the molecule is CNC(=O)C(NC(=O)CC(NC(N)=O)c1ccccc1C)c1ccc(F)c(F)c1. The zero-order valence-corrected chi connectivity index (χ0v) is 16.0. The average Bonchev–Trinajstić information content (AvgIpc) is 2.67. The number of nitrogens with two attached hydrogens (primary N) is 1. The largest absolute Gasteiger partial charge is 0.357 e. The summed E-state index contributed by atoms with van der Waals surface area (Å²) in [5.41, 5.74) is 6.82. The number of nitrogens with one attached hydrogen (secondary N) is 3. The van der Waals surface area contributed by atoms with E-state index in [9.17, 15) is 23.2 Å². The molecule has 0 heterocycles. The third kappa shape index (κ3) is 5.74. The van der Waals surface area contributed by atoms with Crippen molar-refractivity contribution in [2.45, 2.75) is 25.4 Å². The number of hydrogen-bond acceptors (Lipinski definition) is 3. The molecule has 7 nitrogen and oxygen atoms in total. The standard InChI is InChI=1S/C20H22F2N4O3/c1-11-5-3-4-6-13(11)16(25-20(23)29)10-17(27)26-18(19(28)24-2)12-7-8-14(21)15(22)9-12/h3-9,16,18H,10H2,1-2H3,(H,24,28)(H,26,27)(H3,23,25,29). The Labute approximate surface area is 166 Å². The molecule has 29 heavy (non-hydrogen) atoms. The highest BCUT2D eigenvalue weighted by atomic mass is 19.2. The normalized spacial score (nSPS) is 12.6. The van der Waals surface area contributed by atoms with Crippen LogP contribution in [0.25, 0.3) is 0 Å². The number of urea groups is 1. The van der Waals surface area contributed by atoms with Crippen LogP contribution in [0.15, 0.2) is 42.5 Å². The molecule has 0 saturated heterocycles. The van der Waals surface area contributed by atoms with Gasteiger partial charge in [-0.3, -0.25) is 9.59 Å². The van der Waals surface area contributed by atoms with Gasteiger partial charge in [-0.1, -0.05) is 30.3 Å². The molecule has 0 bridgehead atoms. The van der Waals surface area contributed by atoms with Gasteiger partial charge < -0.3 is 21.7 Å². The second kappa shape index (κ2) is 9.63. The summed E-state index contributed by atoms with van der Waals surface area (Å²) in [5.74, 6) is -3.41. The number of halogens is 2. The van der Waals surface area contributed by atoms with Crippen molar-refractivity contribution in [2.75, 3.05) is 7.05 Å². The fraction of sp³-hybridized carbons (Fsp3) is 0.250. The number of likely N-dealkylation sites (N-methyl/N-ethyl adjacent to an activating group) is 1. The van der Waals surface area contributed by atoms with Crippen molar-refractivity contribution in [3.63, 3.8) is 0 Å². The number of carbonyl (C=O) groups is 3. The van der Waals surface area contributed by atoms with E-state index in [0.717, 1.165) is 17.7 Å². The molecule has 2 aromatic carbocycles. The van der Waals surface area contributed by atoms with Crippen LogP contribution in [-0.2, 0) is 9.59 Å². The van der Waals surface area contributed by atoms with E-state index in [1.54, 1.807) is 12.1 Å². The summed E-state index contributed by atoms with van der Waals surface area (Å²) in [7, 11) is 1.35. The lowest BCUT2D eigenvalue weighted by Crippen LogP contribution is -2.41. The van der Waals surface area contributed by atoms with E-state index in [-0.39, 0.29) is 12.0 Å². The van der Waals surface area contributed by atoms with E-state index in [0.29, 0.717) is 5.56 Å². The quantitative estimate of drug-likeness (QED) is 0.566. The number of hydrogen-bond donors (Lipinski definition) is 4. The number of rotatable bonds is 7. The van der Waals surface area contributed by atoms with Crippen LogP contribution in [0.4, 0.5) is 13.6 Å². The van der Waals surface area contributed by atoms with Crippen LogP contribution in [0.3, 0.4) is 0 Å². The zero-order chi connectivity index (χ0) is 21.6. The third-order valence-corrected chi connectivity index (χ3v) is 4.36. The van der Waals surface area contributed by atoms with Crippen molar-refractivity contribution in [1.29, 1.82) is 0 Å². The van der Waals surface area contributed by atoms with E-state index < -0.39 is 41.6 Å². The van der Waals surface area contributed by atoms with Gasteiger partial charge in [0.15, 0.2) is 11.6 Å². The van der Waals surface area contributed by atoms with Gasteiger partial charge >= 0.3 is 6.03 Å². The molecule has 9 heteroatoms. The highest BCUT2D eigenvalue weighted by Gasteiger charge is 2.26. The van der Waals surface area contributed by atoms with Crippen molar-refractivity contribution in [3.8, 4) is 0 Å². The molecule has 2 aromatic rings. The number of carbonyl (C=O) groups excluding carboxylic acids is 3. The summed E-state index contributed by atoms with van der Waals surface area (Å²) in [6.45, 7) is 1.82. The fourth-order valence-corrected chi connectivity index (χ4v) is 2.93. The minimum absolute atomic E-state index is 0.0758. The summed E-state index contributed by atoms with van der Waals surface area (Å²) < 4.78 is 26.8. The van der Waals surface area contributed by atoms with Crippen LogP contribution in [0, 0.1) is 18.6 Å². The maximum Gasteiger partial charge on any atom is 0.312 e. The Hall–Kier alpha value is -3.49. The number of aryl methyl sites for hydroxylation is 1. The predicted octanol–water partition coefficient (Wildman–Crippen LogP) is 1.98. The molecule has 2 unspecified atom stereocenters. The highest BCUT2D eigenvalue weighted by Crippen LogP contribution is 2.22. The molecule has 5 N–H and O–H groups in total. The highest BCUT2D eigenvalue weighted by molar-refractivity contribution is 5.89. The molecular weight excluding hydrogens is 382 g/mol. The molecule has 0 aromatic heterocycles. The molecule has 0 saturated carbocycles. The summed E-state index contributed by atoms with van der Waals surface area (Å²) in [6, 6.07) is 7.27. The molecule has 0 aliphatic carbocycles. The van der Waals surface area contributed by atoms with Gasteiger partial charge in [0.25, 0.3) is 0 Å². The van der Waals surface area contributed by atoms with Gasteiger partial charge in [-0.05, 0) is 35.7 Å². The molecule has 0 aliphatic rings. The summed E-state index contributed by atoms with van der Waals surface area (Å²) in [6.07, 6.45) is -0.217. The minimum atomic E-state index is -1.24. The maximum atomic E-state index is 13.6. The lowest BCUT2D eigenvalue weighted by Gasteiger charge is -2.22. The van der Waals surface area contributed by atoms with Crippen molar-refractivity contribution >= 4 is 17.8 Å². The molecule has 0 spiro atoms. The van der Waals surface area contributed by atoms with E-state index in [1.165, 1.54) is 13.1 Å². The van der Waals surface area contributed by atoms with Gasteiger partial charge in [-0.2, -0.15) is 0 Å². The van der Waals surface area contributed by atoms with Gasteiger partial charge in [0.1, 0.15) is 6.04 Å². The van der Waals surface area contributed by atoms with Crippen LogP contribution >= 0.6 is 0 Å². The molecule has 2 rings (SSSR count). The van der Waals surface area contributed by atoms with E-state index in [4.69, 9.17) is 5.73 Å². The molecule has 154 valence electrons. The van der Waals surface area contributed by atoms with Gasteiger partial charge in [0, 0.05) is 7.05 Å². The number of primary amides is 1. The number of benzene rings is 2. The van der Waals surface area contributed by atoms with E-state index in [2.05, 4.69) is 16.0 Å². The first-order valence-electron chi connectivity index (χ1n) is 8.80. The predicted molar refractivity (Wildman–Crippen MR) is 103 cm³/mol. The van der Waals surface area contributed by atoms with Crippen LogP contribution in [0.1, 0.15) is 35.2 Å². The topological polar surface area (TPSA) is 113 Å². The Morgan fingerprint density at radius 1 is 1.03 bits per heavy atom. The zero-order valence-electron chi connectivity index (χ0n) is 16.0. The van der Waals surface area contributed by atoms with E-state index in [1.807, 2.05) is 19.1 Å². The fourth-order valence-electron chi connectivity index (χ4n) is 2.93. The first-order valence-corrected chi connectivity index (χ1v) is 8.80.